The van der Waals surface area contributed by atoms with E-state index in [1.807, 2.05) is 49.4 Å². The molecule has 2 aromatic rings. The third kappa shape index (κ3) is 2.99. The van der Waals surface area contributed by atoms with Gasteiger partial charge in [-0.3, -0.25) is 0 Å². The molecule has 0 spiro atoms. The molecule has 2 aromatic carbocycles. The minimum Gasteiger partial charge on any atom is -0.456 e. The van der Waals surface area contributed by atoms with Crippen LogP contribution in [-0.4, -0.2) is 0 Å². The van der Waals surface area contributed by atoms with Gasteiger partial charge >= 0.3 is 0 Å². The Bertz CT molecular complexity index is 494. The molecule has 0 aliphatic heterocycles. The predicted octanol–water partition coefficient (Wildman–Crippen LogP) is 4.15. The minimum atomic E-state index is 0.0318. The highest BCUT2D eigenvalue weighted by Crippen LogP contribution is 2.29. The van der Waals surface area contributed by atoms with E-state index in [4.69, 9.17) is 22.1 Å². The van der Waals surface area contributed by atoms with Crippen LogP contribution in [0.25, 0.3) is 0 Å². The Morgan fingerprint density at radius 3 is 2.29 bits per heavy atom. The van der Waals surface area contributed by atoms with Gasteiger partial charge in [0, 0.05) is 6.04 Å². The van der Waals surface area contributed by atoms with E-state index in [-0.39, 0.29) is 6.04 Å². The largest absolute Gasteiger partial charge is 0.456 e. The maximum Gasteiger partial charge on any atom is 0.146 e. The number of rotatable bonds is 3. The molecule has 0 unspecified atom stereocenters. The summed E-state index contributed by atoms with van der Waals surface area (Å²) in [5.74, 6) is 1.41. The smallest absolute Gasteiger partial charge is 0.146 e. The molecule has 0 heterocycles. The lowest BCUT2D eigenvalue weighted by atomic mass is 10.1. The lowest BCUT2D eigenvalue weighted by Crippen LogP contribution is -2.04. The number of benzene rings is 2. The molecule has 0 bridgehead atoms. The van der Waals surface area contributed by atoms with Gasteiger partial charge in [0.25, 0.3) is 0 Å². The lowest BCUT2D eigenvalue weighted by molar-refractivity contribution is 0.482. The highest BCUT2D eigenvalue weighted by Gasteiger charge is 2.03. The Morgan fingerprint density at radius 2 is 1.71 bits per heavy atom. The fourth-order valence-electron chi connectivity index (χ4n) is 1.49. The number of hydrogen-bond donors (Lipinski definition) is 1. The van der Waals surface area contributed by atoms with Crippen molar-refractivity contribution >= 4 is 11.6 Å². The van der Waals surface area contributed by atoms with Gasteiger partial charge in [-0.15, -0.1) is 0 Å². The van der Waals surface area contributed by atoms with E-state index < -0.39 is 0 Å². The topological polar surface area (TPSA) is 35.2 Å². The molecule has 0 amide bonds. The molecular weight excluding hydrogens is 234 g/mol. The van der Waals surface area contributed by atoms with E-state index in [9.17, 15) is 0 Å². The fourth-order valence-corrected chi connectivity index (χ4v) is 1.67. The molecule has 0 fully saturated rings. The van der Waals surface area contributed by atoms with Crippen LogP contribution in [-0.2, 0) is 0 Å². The highest BCUT2D eigenvalue weighted by molar-refractivity contribution is 6.32. The molecule has 2 rings (SSSR count). The average Bonchev–Trinajstić information content (AvgIpc) is 2.33. The number of hydrogen-bond acceptors (Lipinski definition) is 2. The van der Waals surface area contributed by atoms with Gasteiger partial charge in [-0.25, -0.2) is 0 Å². The summed E-state index contributed by atoms with van der Waals surface area (Å²) in [7, 11) is 0. The third-order valence-electron chi connectivity index (χ3n) is 2.47. The van der Waals surface area contributed by atoms with Crippen LogP contribution in [0.4, 0.5) is 0 Å². The standard InChI is InChI=1S/C14H14ClNO/c1-10(16)11-6-8-12(9-7-11)17-14-5-3-2-4-13(14)15/h2-10H,16H2,1H3/t10-/m0/s1. The molecule has 3 heteroatoms. The number of nitrogens with two attached hydrogens (primary N) is 1. The number of ether oxygens (including phenoxy) is 1. The molecule has 0 aliphatic carbocycles. The number of halogens is 1. The van der Waals surface area contributed by atoms with E-state index in [2.05, 4.69) is 0 Å². The molecule has 0 radical (unpaired) electrons. The van der Waals surface area contributed by atoms with Gasteiger partial charge in [-0.2, -0.15) is 0 Å². The van der Waals surface area contributed by atoms with Gasteiger partial charge in [0.15, 0.2) is 0 Å². The van der Waals surface area contributed by atoms with E-state index in [1.165, 1.54) is 0 Å². The van der Waals surface area contributed by atoms with Crippen molar-refractivity contribution in [3.8, 4) is 11.5 Å². The summed E-state index contributed by atoms with van der Waals surface area (Å²) in [4.78, 5) is 0. The monoisotopic (exact) mass is 247 g/mol. The van der Waals surface area contributed by atoms with Gasteiger partial charge in [0.2, 0.25) is 0 Å². The van der Waals surface area contributed by atoms with Crippen LogP contribution >= 0.6 is 11.6 Å². The van der Waals surface area contributed by atoms with Crippen molar-refractivity contribution in [2.24, 2.45) is 5.73 Å². The second-order valence-electron chi connectivity index (χ2n) is 3.89. The van der Waals surface area contributed by atoms with Gasteiger partial charge in [0.05, 0.1) is 5.02 Å². The van der Waals surface area contributed by atoms with Crippen LogP contribution in [0.2, 0.25) is 5.02 Å². The highest BCUT2D eigenvalue weighted by atomic mass is 35.5. The quantitative estimate of drug-likeness (QED) is 0.884. The molecule has 2 nitrogen and oxygen atoms in total. The zero-order chi connectivity index (χ0) is 12.3. The Balaban J connectivity index is 2.17. The maximum atomic E-state index is 6.01. The third-order valence-corrected chi connectivity index (χ3v) is 2.78. The molecule has 2 N–H and O–H groups in total. The molecule has 0 saturated carbocycles. The first-order chi connectivity index (χ1) is 8.16. The van der Waals surface area contributed by atoms with Crippen molar-refractivity contribution in [2.75, 3.05) is 0 Å². The minimum absolute atomic E-state index is 0.0318. The summed E-state index contributed by atoms with van der Waals surface area (Å²) in [5, 5.41) is 0.601. The van der Waals surface area contributed by atoms with Crippen molar-refractivity contribution in [3.05, 3.63) is 59.1 Å². The molecule has 88 valence electrons. The van der Waals surface area contributed by atoms with Crippen LogP contribution in [0.1, 0.15) is 18.5 Å². The fraction of sp³-hybridized carbons (Fsp3) is 0.143. The second-order valence-corrected chi connectivity index (χ2v) is 4.30. The van der Waals surface area contributed by atoms with Crippen molar-refractivity contribution in [1.29, 1.82) is 0 Å². The van der Waals surface area contributed by atoms with E-state index in [0.29, 0.717) is 10.8 Å². The van der Waals surface area contributed by atoms with Gasteiger partial charge in [-0.1, -0.05) is 35.9 Å². The summed E-state index contributed by atoms with van der Waals surface area (Å²) < 4.78 is 5.67. The van der Waals surface area contributed by atoms with Crippen LogP contribution in [0, 0.1) is 0 Å². The van der Waals surface area contributed by atoms with Crippen LogP contribution < -0.4 is 10.5 Å². The zero-order valence-electron chi connectivity index (χ0n) is 9.56. The molecule has 17 heavy (non-hydrogen) atoms. The normalized spacial score (nSPS) is 12.2. The van der Waals surface area contributed by atoms with E-state index in [0.717, 1.165) is 11.3 Å². The SMILES string of the molecule is C[C@H](N)c1ccc(Oc2ccccc2Cl)cc1. The van der Waals surface area contributed by atoms with Crippen LogP contribution in [0.5, 0.6) is 11.5 Å². The molecule has 1 atom stereocenters. The average molecular weight is 248 g/mol. The summed E-state index contributed by atoms with van der Waals surface area (Å²) in [6.07, 6.45) is 0. The maximum absolute atomic E-state index is 6.01. The molecule has 0 aromatic heterocycles. The predicted molar refractivity (Wildman–Crippen MR) is 70.6 cm³/mol. The van der Waals surface area contributed by atoms with Crippen LogP contribution in [0.3, 0.4) is 0 Å². The van der Waals surface area contributed by atoms with Crippen molar-refractivity contribution in [2.45, 2.75) is 13.0 Å². The first-order valence-electron chi connectivity index (χ1n) is 5.45. The van der Waals surface area contributed by atoms with Crippen molar-refractivity contribution in [1.82, 2.24) is 0 Å². The lowest BCUT2D eigenvalue weighted by Gasteiger charge is -2.09. The molecule has 0 saturated heterocycles. The summed E-state index contributed by atoms with van der Waals surface area (Å²) >= 11 is 6.01. The van der Waals surface area contributed by atoms with Crippen LogP contribution in [0.15, 0.2) is 48.5 Å². The van der Waals surface area contributed by atoms with Crippen molar-refractivity contribution < 1.29 is 4.74 Å². The molecular formula is C14H14ClNO. The van der Waals surface area contributed by atoms with Crippen molar-refractivity contribution in [3.63, 3.8) is 0 Å². The van der Waals surface area contributed by atoms with Gasteiger partial charge < -0.3 is 10.5 Å². The zero-order valence-corrected chi connectivity index (χ0v) is 10.3. The first-order valence-corrected chi connectivity index (χ1v) is 5.82. The Hall–Kier alpha value is -1.51. The Kier molecular flexibility index (Phi) is 3.67. The summed E-state index contributed by atoms with van der Waals surface area (Å²) in [5.41, 5.74) is 6.86. The molecule has 0 aliphatic rings. The Morgan fingerprint density at radius 1 is 1.06 bits per heavy atom. The summed E-state index contributed by atoms with van der Waals surface area (Å²) in [6.45, 7) is 1.95. The first kappa shape index (κ1) is 12.0. The summed E-state index contributed by atoms with van der Waals surface area (Å²) in [6, 6.07) is 15.1. The van der Waals surface area contributed by atoms with Gasteiger partial charge in [-0.05, 0) is 36.8 Å². The second kappa shape index (κ2) is 5.21. The number of para-hydroxylation sites is 1. The van der Waals surface area contributed by atoms with E-state index >= 15 is 0 Å². The Labute approximate surface area is 106 Å². The van der Waals surface area contributed by atoms with E-state index in [1.54, 1.807) is 6.07 Å². The van der Waals surface area contributed by atoms with Gasteiger partial charge in [0.1, 0.15) is 11.5 Å².